The van der Waals surface area contributed by atoms with E-state index >= 15 is 0 Å². The Labute approximate surface area is 35.8 Å². The van der Waals surface area contributed by atoms with Crippen LogP contribution in [0.5, 0.6) is 0 Å². The largest absolute Gasteiger partial charge is 0.395 e. The summed E-state index contributed by atoms with van der Waals surface area (Å²) in [6.07, 6.45) is 0. The maximum atomic E-state index is 8.18. The molecule has 0 bridgehead atoms. The van der Waals surface area contributed by atoms with Crippen molar-refractivity contribution in [2.75, 3.05) is 12.4 Å². The van der Waals surface area contributed by atoms with Gasteiger partial charge in [0.05, 0.1) is 9.30 Å². The van der Waals surface area contributed by atoms with E-state index in [1.54, 1.807) is 0 Å². The van der Waals surface area contributed by atoms with Crippen LogP contribution < -0.4 is 0 Å². The smallest absolute Gasteiger partial charge is 0.0576 e. The van der Waals surface area contributed by atoms with E-state index in [-0.39, 0.29) is 0 Å². The van der Waals surface area contributed by atoms with E-state index in [1.807, 2.05) is 0 Å². The van der Waals surface area contributed by atoms with Crippen molar-refractivity contribution in [3.05, 3.63) is 0 Å². The first-order chi connectivity index (χ1) is 3.25. The molecule has 0 aromatic rings. The van der Waals surface area contributed by atoms with E-state index in [4.69, 9.17) is 22.2 Å². The molecule has 0 aliphatic rings. The van der Waals surface area contributed by atoms with E-state index in [2.05, 4.69) is 0 Å². The highest BCUT2D eigenvalue weighted by Crippen LogP contribution is 1.63. The SMILES string of the molecule is [2H]C([2H])(O)C([2H])([2H])Cl. The Morgan fingerprint density at radius 1 is 2.25 bits per heavy atom. The van der Waals surface area contributed by atoms with Crippen LogP contribution in [0.3, 0.4) is 0 Å². The van der Waals surface area contributed by atoms with Crippen molar-refractivity contribution >= 4 is 11.6 Å². The molecule has 0 unspecified atom stereocenters. The lowest BCUT2D eigenvalue weighted by atomic mass is 10.9. The number of halogens is 1. The lowest BCUT2D eigenvalue weighted by Gasteiger charge is -1.67. The lowest BCUT2D eigenvalue weighted by molar-refractivity contribution is 0.321. The molecule has 0 spiro atoms. The Kier molecular flexibility index (Phi) is 0.694. The van der Waals surface area contributed by atoms with Gasteiger partial charge in [-0.1, -0.05) is 0 Å². The average molecular weight is 84.5 g/mol. The maximum absolute atomic E-state index is 8.18. The number of hydrogen-bond donors (Lipinski definition) is 1. The lowest BCUT2D eigenvalue weighted by Crippen LogP contribution is -1.76. The first-order valence-corrected chi connectivity index (χ1v) is 1.04. The fraction of sp³-hybridized carbons (Fsp3) is 1.00. The summed E-state index contributed by atoms with van der Waals surface area (Å²) in [6.45, 7) is -2.96. The summed E-state index contributed by atoms with van der Waals surface area (Å²) in [6, 6.07) is 0. The molecule has 0 aromatic heterocycles. The van der Waals surface area contributed by atoms with E-state index in [9.17, 15) is 0 Å². The molecule has 2 heteroatoms. The Morgan fingerprint density at radius 3 is 2.50 bits per heavy atom. The maximum Gasteiger partial charge on any atom is 0.0576 e. The second kappa shape index (κ2) is 3.25. The fourth-order valence-corrected chi connectivity index (χ4v) is 0. The van der Waals surface area contributed by atoms with Crippen LogP contribution in [0, 0.1) is 0 Å². The minimum Gasteiger partial charge on any atom is -0.395 e. The predicted molar refractivity (Wildman–Crippen MR) is 17.8 cm³/mol. The molecule has 0 aliphatic carbocycles. The molecule has 26 valence electrons. The average Bonchev–Trinajstić information content (AvgIpc) is 1.25. The second-order valence-corrected chi connectivity index (χ2v) is 0.395. The van der Waals surface area contributed by atoms with Crippen molar-refractivity contribution in [3.63, 3.8) is 0 Å². The van der Waals surface area contributed by atoms with Crippen LogP contribution >= 0.6 is 11.6 Å². The summed E-state index contributed by atoms with van der Waals surface area (Å²) in [7, 11) is 0. The molecule has 4 heavy (non-hydrogen) atoms. The van der Waals surface area contributed by atoms with Gasteiger partial charge in [-0.2, -0.15) is 0 Å². The van der Waals surface area contributed by atoms with Crippen molar-refractivity contribution in [1.82, 2.24) is 0 Å². The molecule has 0 radical (unpaired) electrons. The third-order valence-electron chi connectivity index (χ3n) is 0.0423. The number of alkyl halides is 1. The zero-order chi connectivity index (χ0) is 7.00. The summed E-state index contributed by atoms with van der Waals surface area (Å²) in [4.78, 5) is 0. The van der Waals surface area contributed by atoms with Crippen molar-refractivity contribution in [3.8, 4) is 0 Å². The van der Waals surface area contributed by atoms with Crippen LogP contribution in [0.25, 0.3) is 0 Å². The minimum absolute atomic E-state index is 2.70. The number of rotatable bonds is 1. The van der Waals surface area contributed by atoms with Crippen LogP contribution in [0.1, 0.15) is 5.48 Å². The molecule has 0 fully saturated rings. The van der Waals surface area contributed by atoms with Crippen molar-refractivity contribution in [1.29, 1.82) is 0 Å². The van der Waals surface area contributed by atoms with Crippen molar-refractivity contribution in [2.45, 2.75) is 0 Å². The third kappa shape index (κ3) is 2.25. The van der Waals surface area contributed by atoms with Gasteiger partial charge in [0, 0.05) is 8.57 Å². The highest BCUT2D eigenvalue weighted by atomic mass is 35.5. The molecule has 0 aliphatic heterocycles. The molecular formula is C2H5ClO. The molecule has 1 N–H and O–H groups in total. The van der Waals surface area contributed by atoms with Crippen LogP contribution in [-0.2, 0) is 0 Å². The summed E-state index contributed by atoms with van der Waals surface area (Å²) >= 11 is 4.72. The Bertz CT molecular complexity index is 69.0. The van der Waals surface area contributed by atoms with Gasteiger partial charge in [-0.05, 0) is 0 Å². The highest BCUT2D eigenvalue weighted by Gasteiger charge is 1.60. The molecule has 0 saturated carbocycles. The van der Waals surface area contributed by atoms with Crippen LogP contribution in [-0.4, -0.2) is 17.5 Å². The van der Waals surface area contributed by atoms with Gasteiger partial charge in [-0.15, -0.1) is 11.6 Å². The Hall–Kier alpha value is 0.250. The third-order valence-corrected chi connectivity index (χ3v) is 0.127. The van der Waals surface area contributed by atoms with E-state index in [1.165, 1.54) is 0 Å². The Balaban J connectivity index is 4.02. The first-order valence-electron chi connectivity index (χ1n) is 2.66. The Morgan fingerprint density at radius 2 is 2.50 bits per heavy atom. The predicted octanol–water partition coefficient (Wildman–Crippen LogP) is 0.218. The fourth-order valence-electron chi connectivity index (χ4n) is 0. The van der Waals surface area contributed by atoms with Gasteiger partial charge in [-0.25, -0.2) is 0 Å². The molecule has 0 heterocycles. The quantitative estimate of drug-likeness (QED) is 0.451. The first kappa shape index (κ1) is 0.854. The second-order valence-electron chi connectivity index (χ2n) is 0.206. The van der Waals surface area contributed by atoms with Crippen LogP contribution in [0.2, 0.25) is 0 Å². The van der Waals surface area contributed by atoms with Crippen LogP contribution in [0.4, 0.5) is 0 Å². The van der Waals surface area contributed by atoms with E-state index in [0.717, 1.165) is 0 Å². The summed E-state index contributed by atoms with van der Waals surface area (Å²) in [5.41, 5.74) is 0. The molecule has 1 nitrogen and oxygen atoms in total. The summed E-state index contributed by atoms with van der Waals surface area (Å²) in [5, 5.41) is 8.18. The van der Waals surface area contributed by atoms with Gasteiger partial charge in [0.15, 0.2) is 0 Å². The van der Waals surface area contributed by atoms with Gasteiger partial charge in [-0.3, -0.25) is 0 Å². The van der Waals surface area contributed by atoms with Gasteiger partial charge < -0.3 is 5.11 Å². The topological polar surface area (TPSA) is 20.2 Å². The zero-order valence-electron chi connectivity index (χ0n) is 5.83. The van der Waals surface area contributed by atoms with Crippen molar-refractivity contribution in [2.24, 2.45) is 0 Å². The van der Waals surface area contributed by atoms with Gasteiger partial charge in [0.25, 0.3) is 0 Å². The molecule has 0 aromatic carbocycles. The van der Waals surface area contributed by atoms with E-state index < -0.39 is 12.4 Å². The monoisotopic (exact) mass is 84.0 g/mol. The number of hydrogen-bond acceptors (Lipinski definition) is 1. The van der Waals surface area contributed by atoms with Crippen LogP contribution in [0.15, 0.2) is 0 Å². The molecule has 0 saturated heterocycles. The molecular weight excluding hydrogens is 75.5 g/mol. The standard InChI is InChI=1S/C2H5ClO/c3-1-2-4/h4H,1-2H2/i1D2,2D2. The van der Waals surface area contributed by atoms with E-state index in [0.29, 0.717) is 0 Å². The molecule has 0 atom stereocenters. The number of aliphatic hydroxyl groups is 1. The molecule has 0 rings (SSSR count). The van der Waals surface area contributed by atoms with Gasteiger partial charge in [0.2, 0.25) is 0 Å². The normalized spacial score (nSPS) is 29.5. The van der Waals surface area contributed by atoms with Gasteiger partial charge >= 0.3 is 0 Å². The summed E-state index contributed by atoms with van der Waals surface area (Å²) < 4.78 is 25.4. The minimum atomic E-state index is -2.96. The highest BCUT2D eigenvalue weighted by molar-refractivity contribution is 6.17. The zero-order valence-corrected chi connectivity index (χ0v) is 2.58. The molecule has 0 amide bonds. The summed E-state index contributed by atoms with van der Waals surface area (Å²) in [5.74, 6) is -2.70. The van der Waals surface area contributed by atoms with Crippen molar-refractivity contribution < 1.29 is 10.6 Å². The van der Waals surface area contributed by atoms with Gasteiger partial charge in [0.1, 0.15) is 0 Å².